The average molecular weight is 280 g/mol. The summed E-state index contributed by atoms with van der Waals surface area (Å²) in [7, 11) is 3.36. The number of pyridine rings is 1. The molecule has 0 unspecified atom stereocenters. The summed E-state index contributed by atoms with van der Waals surface area (Å²) in [5, 5.41) is 3.72. The van der Waals surface area contributed by atoms with Crippen molar-refractivity contribution in [1.82, 2.24) is 0 Å². The van der Waals surface area contributed by atoms with E-state index in [-0.39, 0.29) is 0 Å². The maximum atomic E-state index is 5.46. The molecule has 3 nitrogen and oxygen atoms in total. The quantitative estimate of drug-likeness (QED) is 0.531. The van der Waals surface area contributed by atoms with E-state index in [9.17, 15) is 0 Å². The molecule has 0 spiro atoms. The van der Waals surface area contributed by atoms with Gasteiger partial charge in [-0.2, -0.15) is 4.57 Å². The molecule has 0 bridgehead atoms. The predicted octanol–water partition coefficient (Wildman–Crippen LogP) is 3.24. The molecular weight excluding hydrogens is 262 g/mol. The summed E-state index contributed by atoms with van der Waals surface area (Å²) in [5.74, 6) is 1.57. The third kappa shape index (κ3) is 1.77. The van der Waals surface area contributed by atoms with Crippen LogP contribution < -0.4 is 14.0 Å². The molecule has 4 rings (SSSR count). The Kier molecular flexibility index (Phi) is 2.74. The van der Waals surface area contributed by atoms with Gasteiger partial charge < -0.3 is 9.47 Å². The summed E-state index contributed by atoms with van der Waals surface area (Å²) in [6.07, 6.45) is 4.61. The monoisotopic (exact) mass is 280 g/mol. The number of hydrogen-bond donors (Lipinski definition) is 0. The first-order valence-corrected chi connectivity index (χ1v) is 7.31. The summed E-state index contributed by atoms with van der Waals surface area (Å²) >= 11 is 0. The highest BCUT2D eigenvalue weighted by atomic mass is 16.5. The SMILES string of the molecule is COc1cc2c[n+]3c4c(cccc4c2cc1OC)CCC3. The molecule has 3 heteroatoms. The van der Waals surface area contributed by atoms with Crippen molar-refractivity contribution in [3.8, 4) is 11.5 Å². The van der Waals surface area contributed by atoms with Gasteiger partial charge in [-0.1, -0.05) is 12.1 Å². The molecule has 0 aliphatic carbocycles. The van der Waals surface area contributed by atoms with E-state index < -0.39 is 0 Å². The molecule has 0 atom stereocenters. The Morgan fingerprint density at radius 3 is 2.62 bits per heavy atom. The van der Waals surface area contributed by atoms with Gasteiger partial charge in [0.2, 0.25) is 5.52 Å². The molecule has 106 valence electrons. The van der Waals surface area contributed by atoms with Crippen molar-refractivity contribution >= 4 is 21.7 Å². The van der Waals surface area contributed by atoms with Gasteiger partial charge in [-0.25, -0.2) is 0 Å². The van der Waals surface area contributed by atoms with Crippen molar-refractivity contribution in [3.63, 3.8) is 0 Å². The van der Waals surface area contributed by atoms with Gasteiger partial charge >= 0.3 is 0 Å². The number of hydrogen-bond acceptors (Lipinski definition) is 2. The van der Waals surface area contributed by atoms with Gasteiger partial charge in [0.1, 0.15) is 6.54 Å². The normalized spacial score (nSPS) is 13.6. The molecule has 2 heterocycles. The second-order valence-corrected chi connectivity index (χ2v) is 5.53. The lowest BCUT2D eigenvalue weighted by atomic mass is 9.97. The molecule has 1 aliphatic rings. The van der Waals surface area contributed by atoms with Crippen LogP contribution in [0.2, 0.25) is 0 Å². The van der Waals surface area contributed by atoms with E-state index >= 15 is 0 Å². The van der Waals surface area contributed by atoms with Crippen molar-refractivity contribution < 1.29 is 14.0 Å². The lowest BCUT2D eigenvalue weighted by molar-refractivity contribution is -0.673. The Morgan fingerprint density at radius 1 is 1.00 bits per heavy atom. The number of para-hydroxylation sites is 1. The Labute approximate surface area is 123 Å². The van der Waals surface area contributed by atoms with Gasteiger partial charge in [-0.15, -0.1) is 0 Å². The average Bonchev–Trinajstić information content (AvgIpc) is 2.54. The van der Waals surface area contributed by atoms with Crippen molar-refractivity contribution in [1.29, 1.82) is 0 Å². The first-order valence-electron chi connectivity index (χ1n) is 7.31. The lowest BCUT2D eigenvalue weighted by Crippen LogP contribution is -2.38. The lowest BCUT2D eigenvalue weighted by Gasteiger charge is -2.15. The number of benzene rings is 2. The van der Waals surface area contributed by atoms with Crippen molar-refractivity contribution in [2.24, 2.45) is 0 Å². The van der Waals surface area contributed by atoms with Crippen LogP contribution in [0, 0.1) is 0 Å². The van der Waals surface area contributed by atoms with Gasteiger partial charge in [0.25, 0.3) is 0 Å². The zero-order valence-electron chi connectivity index (χ0n) is 12.3. The smallest absolute Gasteiger partial charge is 0.216 e. The first kappa shape index (κ1) is 12.5. The molecule has 0 fully saturated rings. The van der Waals surface area contributed by atoms with Gasteiger partial charge in [0, 0.05) is 17.4 Å². The molecule has 2 aromatic carbocycles. The number of nitrogens with zero attached hydrogens (tertiary/aromatic N) is 1. The molecule has 0 radical (unpaired) electrons. The maximum Gasteiger partial charge on any atom is 0.216 e. The highest BCUT2D eigenvalue weighted by molar-refractivity contribution is 6.06. The highest BCUT2D eigenvalue weighted by Gasteiger charge is 2.22. The van der Waals surface area contributed by atoms with Crippen LogP contribution in [0.4, 0.5) is 0 Å². The minimum absolute atomic E-state index is 0.782. The first-order chi connectivity index (χ1) is 10.3. The molecule has 0 N–H and O–H groups in total. The van der Waals surface area contributed by atoms with E-state index in [2.05, 4.69) is 41.1 Å². The molecule has 21 heavy (non-hydrogen) atoms. The zero-order valence-corrected chi connectivity index (χ0v) is 12.3. The summed E-state index contributed by atoms with van der Waals surface area (Å²) in [5.41, 5.74) is 2.80. The molecule has 1 aromatic heterocycles. The van der Waals surface area contributed by atoms with Crippen LogP contribution in [0.5, 0.6) is 11.5 Å². The maximum absolute atomic E-state index is 5.46. The van der Waals surface area contributed by atoms with Crippen molar-refractivity contribution in [3.05, 3.63) is 42.1 Å². The predicted molar refractivity (Wildman–Crippen MR) is 83.1 cm³/mol. The van der Waals surface area contributed by atoms with E-state index in [0.717, 1.165) is 24.5 Å². The third-order valence-corrected chi connectivity index (χ3v) is 4.39. The minimum atomic E-state index is 0.782. The third-order valence-electron chi connectivity index (χ3n) is 4.39. The van der Waals surface area contributed by atoms with E-state index in [0.29, 0.717) is 0 Å². The summed E-state index contributed by atoms with van der Waals surface area (Å²) in [6.45, 7) is 1.08. The number of aryl methyl sites for hydroxylation is 2. The van der Waals surface area contributed by atoms with Crippen LogP contribution in [0.15, 0.2) is 36.5 Å². The molecule has 0 amide bonds. The molecule has 3 aromatic rings. The number of rotatable bonds is 2. The van der Waals surface area contributed by atoms with E-state index in [1.807, 2.05) is 0 Å². The number of methoxy groups -OCH3 is 2. The van der Waals surface area contributed by atoms with E-state index in [4.69, 9.17) is 9.47 Å². The fourth-order valence-corrected chi connectivity index (χ4v) is 3.43. The Hall–Kier alpha value is -2.29. The van der Waals surface area contributed by atoms with Crippen LogP contribution in [-0.4, -0.2) is 14.2 Å². The van der Waals surface area contributed by atoms with E-state index in [1.54, 1.807) is 14.2 Å². The van der Waals surface area contributed by atoms with Gasteiger partial charge in [0.05, 0.1) is 25.0 Å². The fourth-order valence-electron chi connectivity index (χ4n) is 3.43. The Balaban J connectivity index is 2.16. The highest BCUT2D eigenvalue weighted by Crippen LogP contribution is 2.35. The fraction of sp³-hybridized carbons (Fsp3) is 0.278. The van der Waals surface area contributed by atoms with Crippen LogP contribution >= 0.6 is 0 Å². The van der Waals surface area contributed by atoms with Gasteiger partial charge in [-0.3, -0.25) is 0 Å². The number of ether oxygens (including phenoxy) is 2. The van der Waals surface area contributed by atoms with E-state index in [1.165, 1.54) is 33.7 Å². The zero-order chi connectivity index (χ0) is 14.4. The van der Waals surface area contributed by atoms with Crippen LogP contribution in [0.25, 0.3) is 21.7 Å². The summed E-state index contributed by atoms with van der Waals surface area (Å²) in [6, 6.07) is 10.8. The minimum Gasteiger partial charge on any atom is -0.493 e. The van der Waals surface area contributed by atoms with Crippen molar-refractivity contribution in [2.75, 3.05) is 14.2 Å². The molecule has 0 saturated heterocycles. The number of aromatic nitrogens is 1. The largest absolute Gasteiger partial charge is 0.493 e. The molecule has 0 saturated carbocycles. The second-order valence-electron chi connectivity index (χ2n) is 5.53. The topological polar surface area (TPSA) is 22.3 Å². The Bertz CT molecular complexity index is 855. The van der Waals surface area contributed by atoms with Crippen molar-refractivity contribution in [2.45, 2.75) is 19.4 Å². The standard InChI is InChI=1S/C18H18NO2/c1-20-16-9-13-11-19-8-4-6-12-5-3-7-14(18(12)19)15(13)10-17(16)21-2/h3,5,7,9-11H,4,6,8H2,1-2H3/q+1. The molecule has 1 aliphatic heterocycles. The Morgan fingerprint density at radius 2 is 1.81 bits per heavy atom. The second kappa shape index (κ2) is 4.62. The van der Waals surface area contributed by atoms with Gasteiger partial charge in [-0.05, 0) is 24.6 Å². The summed E-state index contributed by atoms with van der Waals surface area (Å²) < 4.78 is 13.3. The van der Waals surface area contributed by atoms with Gasteiger partial charge in [0.15, 0.2) is 17.7 Å². The molecular formula is C18H18NO2+. The van der Waals surface area contributed by atoms with Crippen LogP contribution in [-0.2, 0) is 13.0 Å². The number of fused-ring (bicyclic) bond motifs is 2. The van der Waals surface area contributed by atoms with Crippen LogP contribution in [0.3, 0.4) is 0 Å². The van der Waals surface area contributed by atoms with Crippen LogP contribution in [0.1, 0.15) is 12.0 Å². The summed E-state index contributed by atoms with van der Waals surface area (Å²) in [4.78, 5) is 0.